The third-order valence-electron chi connectivity index (χ3n) is 2.95. The zero-order valence-electron chi connectivity index (χ0n) is 11.6. The Morgan fingerprint density at radius 1 is 1.53 bits per heavy atom. The summed E-state index contributed by atoms with van der Waals surface area (Å²) in [7, 11) is -3.58. The van der Waals surface area contributed by atoms with Crippen LogP contribution in [-0.2, 0) is 10.0 Å². The van der Waals surface area contributed by atoms with Crippen molar-refractivity contribution in [2.24, 2.45) is 5.73 Å². The predicted molar refractivity (Wildman–Crippen MR) is 79.5 cm³/mol. The number of nitrogens with two attached hydrogens (primary N) is 1. The molecule has 0 amide bonds. The Kier molecular flexibility index (Phi) is 5.11. The van der Waals surface area contributed by atoms with Crippen LogP contribution in [-0.4, -0.2) is 18.7 Å². The van der Waals surface area contributed by atoms with Gasteiger partial charge in [0.15, 0.2) is 0 Å². The Morgan fingerprint density at radius 2 is 2.11 bits per heavy atom. The van der Waals surface area contributed by atoms with E-state index in [0.29, 0.717) is 12.2 Å². The van der Waals surface area contributed by atoms with E-state index in [1.807, 2.05) is 13.0 Å². The van der Waals surface area contributed by atoms with Gasteiger partial charge in [-0.25, -0.2) is 13.1 Å². The van der Waals surface area contributed by atoms with Crippen molar-refractivity contribution in [2.75, 3.05) is 0 Å². The monoisotopic (exact) mass is 304 g/mol. The van der Waals surface area contributed by atoms with Crippen molar-refractivity contribution < 1.29 is 12.8 Å². The molecule has 5 nitrogen and oxygen atoms in total. The van der Waals surface area contributed by atoms with Gasteiger partial charge >= 0.3 is 0 Å². The van der Waals surface area contributed by atoms with Crippen LogP contribution in [0.2, 0.25) is 0 Å². The second-order valence-electron chi connectivity index (χ2n) is 4.55. The van der Waals surface area contributed by atoms with Crippen LogP contribution < -0.4 is 10.5 Å². The minimum atomic E-state index is -3.58. The van der Waals surface area contributed by atoms with Crippen molar-refractivity contribution in [3.63, 3.8) is 0 Å². The van der Waals surface area contributed by atoms with Crippen molar-refractivity contribution in [1.82, 2.24) is 4.72 Å². The fourth-order valence-corrected chi connectivity index (χ4v) is 4.12. The summed E-state index contributed by atoms with van der Waals surface area (Å²) in [4.78, 5) is -0.0118. The summed E-state index contributed by atoms with van der Waals surface area (Å²) < 4.78 is 32.4. The van der Waals surface area contributed by atoms with Crippen LogP contribution in [0.25, 0.3) is 0 Å². The molecule has 3 N–H and O–H groups in total. The summed E-state index contributed by atoms with van der Waals surface area (Å²) >= 11 is 4.80. The molecular weight excluding hydrogens is 284 g/mol. The van der Waals surface area contributed by atoms with Gasteiger partial charge in [-0.05, 0) is 33.3 Å². The average Bonchev–Trinajstić information content (AvgIpc) is 2.56. The second kappa shape index (κ2) is 6.02. The minimum absolute atomic E-state index is 0.0118. The summed E-state index contributed by atoms with van der Waals surface area (Å²) in [6, 6.07) is 1.44. The third kappa shape index (κ3) is 3.77. The van der Waals surface area contributed by atoms with Gasteiger partial charge in [0.1, 0.15) is 16.8 Å². The van der Waals surface area contributed by atoms with Crippen molar-refractivity contribution in [3.05, 3.63) is 23.2 Å². The van der Waals surface area contributed by atoms with E-state index in [2.05, 4.69) is 4.72 Å². The van der Waals surface area contributed by atoms with E-state index in [-0.39, 0.29) is 11.0 Å². The molecule has 1 heterocycles. The van der Waals surface area contributed by atoms with Crippen LogP contribution in [0.3, 0.4) is 0 Å². The number of hydrogen-bond acceptors (Lipinski definition) is 4. The Balaban J connectivity index is 2.95. The van der Waals surface area contributed by atoms with Gasteiger partial charge in [-0.3, -0.25) is 0 Å². The van der Waals surface area contributed by atoms with Gasteiger partial charge in [-0.15, -0.1) is 0 Å². The van der Waals surface area contributed by atoms with Gasteiger partial charge in [-0.2, -0.15) is 0 Å². The topological polar surface area (TPSA) is 85.3 Å². The normalized spacial score (nSPS) is 15.2. The molecule has 1 aromatic heterocycles. The summed E-state index contributed by atoms with van der Waals surface area (Å²) in [5.74, 6) is 1.45. The first-order valence-corrected chi connectivity index (χ1v) is 8.01. The molecule has 19 heavy (non-hydrogen) atoms. The Hall–Kier alpha value is -0.920. The molecule has 0 aliphatic rings. The number of aryl methyl sites for hydroxylation is 2. The third-order valence-corrected chi connectivity index (χ3v) is 5.40. The lowest BCUT2D eigenvalue weighted by molar-refractivity contribution is 0.496. The maximum atomic E-state index is 12.2. The van der Waals surface area contributed by atoms with Crippen molar-refractivity contribution in [3.8, 4) is 0 Å². The molecule has 0 aliphatic heterocycles. The van der Waals surface area contributed by atoms with Gasteiger partial charge in [-0.1, -0.05) is 19.1 Å². The smallest absolute Gasteiger partial charge is 0.221 e. The van der Waals surface area contributed by atoms with E-state index < -0.39 is 15.3 Å². The molecule has 1 aromatic rings. The SMILES string of the molecule is CCC(C(N)=S)S(=O)(=O)NC(C)c1cc(C)oc1C. The molecule has 0 aliphatic carbocycles. The molecular formula is C12H20N2O3S2. The highest BCUT2D eigenvalue weighted by molar-refractivity contribution is 7.93. The molecule has 2 unspecified atom stereocenters. The van der Waals surface area contributed by atoms with E-state index in [0.717, 1.165) is 11.3 Å². The highest BCUT2D eigenvalue weighted by atomic mass is 32.2. The number of furan rings is 1. The second-order valence-corrected chi connectivity index (χ2v) is 6.92. The molecule has 108 valence electrons. The van der Waals surface area contributed by atoms with E-state index in [1.165, 1.54) is 0 Å². The Labute approximate surface area is 119 Å². The van der Waals surface area contributed by atoms with Crippen molar-refractivity contribution >= 4 is 27.2 Å². The quantitative estimate of drug-likeness (QED) is 0.785. The molecule has 0 fully saturated rings. The summed E-state index contributed by atoms with van der Waals surface area (Å²) in [5.41, 5.74) is 6.29. The molecule has 0 spiro atoms. The van der Waals surface area contributed by atoms with E-state index >= 15 is 0 Å². The van der Waals surface area contributed by atoms with Crippen molar-refractivity contribution in [2.45, 2.75) is 45.4 Å². The van der Waals surface area contributed by atoms with Crippen LogP contribution in [0.1, 0.15) is 43.4 Å². The maximum Gasteiger partial charge on any atom is 0.221 e. The van der Waals surface area contributed by atoms with Gasteiger partial charge in [0, 0.05) is 11.6 Å². The van der Waals surface area contributed by atoms with Crippen LogP contribution in [0, 0.1) is 13.8 Å². The van der Waals surface area contributed by atoms with E-state index in [9.17, 15) is 8.42 Å². The largest absolute Gasteiger partial charge is 0.466 e. The molecule has 0 saturated carbocycles. The predicted octanol–water partition coefficient (Wildman–Crippen LogP) is 1.94. The fourth-order valence-electron chi connectivity index (χ4n) is 2.05. The summed E-state index contributed by atoms with van der Waals surface area (Å²) in [6.45, 7) is 7.13. The highest BCUT2D eigenvalue weighted by Crippen LogP contribution is 2.22. The molecule has 0 bridgehead atoms. The highest BCUT2D eigenvalue weighted by Gasteiger charge is 2.29. The lowest BCUT2D eigenvalue weighted by Gasteiger charge is -2.19. The molecule has 0 aromatic carbocycles. The van der Waals surface area contributed by atoms with E-state index in [4.69, 9.17) is 22.4 Å². The van der Waals surface area contributed by atoms with Crippen LogP contribution in [0.4, 0.5) is 0 Å². The standard InChI is InChI=1S/C12H20N2O3S2/c1-5-11(12(13)18)19(15,16)14-8(3)10-6-7(2)17-9(10)4/h6,8,11,14H,5H2,1-4H3,(H2,13,18). The number of sulfonamides is 1. The van der Waals surface area contributed by atoms with Gasteiger partial charge in [0.05, 0.1) is 4.99 Å². The molecule has 7 heteroatoms. The number of nitrogens with one attached hydrogen (secondary N) is 1. The molecule has 2 atom stereocenters. The number of hydrogen-bond donors (Lipinski definition) is 2. The van der Waals surface area contributed by atoms with Gasteiger partial charge in [0.25, 0.3) is 0 Å². The maximum absolute atomic E-state index is 12.2. The van der Waals surface area contributed by atoms with E-state index in [1.54, 1.807) is 20.8 Å². The zero-order valence-corrected chi connectivity index (χ0v) is 13.2. The van der Waals surface area contributed by atoms with Crippen LogP contribution in [0.15, 0.2) is 10.5 Å². The lowest BCUT2D eigenvalue weighted by Crippen LogP contribution is -2.42. The molecule has 0 saturated heterocycles. The minimum Gasteiger partial charge on any atom is -0.466 e. The average molecular weight is 304 g/mol. The zero-order chi connectivity index (χ0) is 14.8. The number of thiocarbonyl (C=S) groups is 1. The lowest BCUT2D eigenvalue weighted by atomic mass is 10.1. The van der Waals surface area contributed by atoms with Crippen molar-refractivity contribution in [1.29, 1.82) is 0 Å². The van der Waals surface area contributed by atoms with Crippen LogP contribution >= 0.6 is 12.2 Å². The Morgan fingerprint density at radius 3 is 2.47 bits per heavy atom. The first-order chi connectivity index (χ1) is 8.69. The number of rotatable bonds is 6. The fraction of sp³-hybridized carbons (Fsp3) is 0.583. The molecule has 1 rings (SSSR count). The summed E-state index contributed by atoms with van der Waals surface area (Å²) in [5, 5.41) is -0.849. The van der Waals surface area contributed by atoms with Gasteiger partial charge in [0.2, 0.25) is 10.0 Å². The summed E-state index contributed by atoms with van der Waals surface area (Å²) in [6.07, 6.45) is 0.348. The molecule has 0 radical (unpaired) electrons. The van der Waals surface area contributed by atoms with Gasteiger partial charge < -0.3 is 10.2 Å². The van der Waals surface area contributed by atoms with Crippen LogP contribution in [0.5, 0.6) is 0 Å². The first kappa shape index (κ1) is 16.1. The first-order valence-electron chi connectivity index (χ1n) is 6.06. The Bertz CT molecular complexity index is 564.